The van der Waals surface area contributed by atoms with Crippen LogP contribution in [0.25, 0.3) is 0 Å². The van der Waals surface area contributed by atoms with Gasteiger partial charge in [0.05, 0.1) is 27.2 Å². The number of hydrogen-bond donors (Lipinski definition) is 1. The molecule has 1 N–H and O–H groups in total. The van der Waals surface area contributed by atoms with E-state index in [-0.39, 0.29) is 23.0 Å². The lowest BCUT2D eigenvalue weighted by Gasteiger charge is -2.32. The van der Waals surface area contributed by atoms with Gasteiger partial charge in [-0.3, -0.25) is 13.9 Å². The van der Waals surface area contributed by atoms with E-state index in [0.717, 1.165) is 9.20 Å². The largest absolute Gasteiger partial charge is 0.494 e. The van der Waals surface area contributed by atoms with E-state index in [1.807, 2.05) is 13.2 Å². The maximum absolute atomic E-state index is 14.0. The summed E-state index contributed by atoms with van der Waals surface area (Å²) in [6.07, 6.45) is 1.90. The summed E-state index contributed by atoms with van der Waals surface area (Å²) in [5.74, 6) is -0.382. The molecule has 0 heterocycles. The molecule has 0 aliphatic heterocycles. The second kappa shape index (κ2) is 14.8. The lowest BCUT2D eigenvalue weighted by Crippen LogP contribution is -2.51. The molecule has 1 atom stereocenters. The molecule has 41 heavy (non-hydrogen) atoms. The zero-order chi connectivity index (χ0) is 30.2. The predicted octanol–water partition coefficient (Wildman–Crippen LogP) is 5.86. The lowest BCUT2D eigenvalue weighted by atomic mass is 10.1. The van der Waals surface area contributed by atoms with Crippen molar-refractivity contribution in [2.75, 3.05) is 30.3 Å². The third-order valence-electron chi connectivity index (χ3n) is 6.22. The van der Waals surface area contributed by atoms with Crippen LogP contribution in [-0.4, -0.2) is 57.1 Å². The van der Waals surface area contributed by atoms with Crippen molar-refractivity contribution in [3.05, 3.63) is 82.3 Å². The summed E-state index contributed by atoms with van der Waals surface area (Å²) < 4.78 is 34.5. The highest BCUT2D eigenvalue weighted by Gasteiger charge is 2.32. The fourth-order valence-electron chi connectivity index (χ4n) is 4.02. The lowest BCUT2D eigenvalue weighted by molar-refractivity contribution is -0.139. The summed E-state index contributed by atoms with van der Waals surface area (Å²) >= 11 is 13.8. The third kappa shape index (κ3) is 8.31. The standard InChI is InChI=1S/C29H33Cl2N3O5S2/c1-5-32-29(36)20(3)33(18-21-7-16-26(30)27(31)17-21)28(35)19-34(22-8-10-23(11-9-22)39-6-2)41(37,38)25-14-12-24(40-4)13-15-25/h7-17,20H,5-6,18-19H2,1-4H3,(H,32,36)/t20-/m0/s1. The molecule has 3 aromatic carbocycles. The van der Waals surface area contributed by atoms with E-state index in [0.29, 0.717) is 34.5 Å². The average Bonchev–Trinajstić information content (AvgIpc) is 2.96. The van der Waals surface area contributed by atoms with Crippen molar-refractivity contribution in [2.24, 2.45) is 0 Å². The van der Waals surface area contributed by atoms with E-state index < -0.39 is 28.5 Å². The van der Waals surface area contributed by atoms with Gasteiger partial charge in [0.1, 0.15) is 18.3 Å². The van der Waals surface area contributed by atoms with Crippen molar-refractivity contribution < 1.29 is 22.7 Å². The van der Waals surface area contributed by atoms with Gasteiger partial charge in [-0.05, 0) is 93.3 Å². The summed E-state index contributed by atoms with van der Waals surface area (Å²) in [5.41, 5.74) is 0.905. The van der Waals surface area contributed by atoms with Crippen LogP contribution >= 0.6 is 35.0 Å². The molecular weight excluding hydrogens is 605 g/mol. The number of hydrogen-bond acceptors (Lipinski definition) is 6. The van der Waals surface area contributed by atoms with E-state index >= 15 is 0 Å². The Hall–Kier alpha value is -2.92. The number of nitrogens with zero attached hydrogens (tertiary/aromatic N) is 2. The molecule has 0 fully saturated rings. The number of halogens is 2. The second-order valence-electron chi connectivity index (χ2n) is 8.95. The number of ether oxygens (including phenoxy) is 1. The van der Waals surface area contributed by atoms with Crippen LogP contribution in [-0.2, 0) is 26.2 Å². The molecule has 0 saturated heterocycles. The summed E-state index contributed by atoms with van der Waals surface area (Å²) in [4.78, 5) is 29.0. The summed E-state index contributed by atoms with van der Waals surface area (Å²) in [6.45, 7) is 5.49. The zero-order valence-corrected chi connectivity index (χ0v) is 26.4. The second-order valence-corrected chi connectivity index (χ2v) is 12.5. The van der Waals surface area contributed by atoms with Crippen LogP contribution in [0.1, 0.15) is 26.3 Å². The van der Waals surface area contributed by atoms with Gasteiger partial charge in [0.15, 0.2) is 0 Å². The van der Waals surface area contributed by atoms with Gasteiger partial charge in [0.25, 0.3) is 10.0 Å². The smallest absolute Gasteiger partial charge is 0.264 e. The van der Waals surface area contributed by atoms with Crippen molar-refractivity contribution >= 4 is 62.5 Å². The van der Waals surface area contributed by atoms with Gasteiger partial charge in [-0.2, -0.15) is 0 Å². The van der Waals surface area contributed by atoms with Crippen molar-refractivity contribution in [3.8, 4) is 5.75 Å². The Morgan fingerprint density at radius 3 is 2.20 bits per heavy atom. The zero-order valence-electron chi connectivity index (χ0n) is 23.3. The van der Waals surface area contributed by atoms with E-state index in [9.17, 15) is 18.0 Å². The van der Waals surface area contributed by atoms with Crippen molar-refractivity contribution in [1.82, 2.24) is 10.2 Å². The Morgan fingerprint density at radius 1 is 0.976 bits per heavy atom. The fourth-order valence-corrected chi connectivity index (χ4v) is 6.16. The van der Waals surface area contributed by atoms with Crippen LogP contribution in [0.15, 0.2) is 76.5 Å². The van der Waals surface area contributed by atoms with Gasteiger partial charge in [-0.15, -0.1) is 11.8 Å². The number of carbonyl (C=O) groups excluding carboxylic acids is 2. The number of rotatable bonds is 13. The van der Waals surface area contributed by atoms with Gasteiger partial charge in [0, 0.05) is 18.0 Å². The Kier molecular flexibility index (Phi) is 11.8. The minimum Gasteiger partial charge on any atom is -0.494 e. The molecule has 12 heteroatoms. The van der Waals surface area contributed by atoms with Crippen LogP contribution in [0.3, 0.4) is 0 Å². The summed E-state index contributed by atoms with van der Waals surface area (Å²) in [6, 6.07) is 16.9. The summed E-state index contributed by atoms with van der Waals surface area (Å²) in [7, 11) is -4.18. The van der Waals surface area contributed by atoms with Gasteiger partial charge < -0.3 is 15.0 Å². The van der Waals surface area contributed by atoms with Gasteiger partial charge in [-0.25, -0.2) is 8.42 Å². The van der Waals surface area contributed by atoms with Crippen LogP contribution < -0.4 is 14.4 Å². The molecule has 2 amide bonds. The van der Waals surface area contributed by atoms with Crippen LogP contribution in [0.5, 0.6) is 5.75 Å². The van der Waals surface area contributed by atoms with Crippen molar-refractivity contribution in [2.45, 2.75) is 43.1 Å². The number of carbonyl (C=O) groups is 2. The molecule has 0 aliphatic carbocycles. The molecule has 0 aliphatic rings. The van der Waals surface area contributed by atoms with Crippen LogP contribution in [0.4, 0.5) is 5.69 Å². The van der Waals surface area contributed by atoms with Gasteiger partial charge in [0.2, 0.25) is 11.8 Å². The van der Waals surface area contributed by atoms with Crippen molar-refractivity contribution in [3.63, 3.8) is 0 Å². The Morgan fingerprint density at radius 2 is 1.63 bits per heavy atom. The Bertz CT molecular complexity index is 1450. The molecule has 0 saturated carbocycles. The molecule has 220 valence electrons. The predicted molar refractivity (Wildman–Crippen MR) is 166 cm³/mol. The van der Waals surface area contributed by atoms with E-state index in [4.69, 9.17) is 27.9 Å². The SMILES string of the molecule is CCNC(=O)[C@H](C)N(Cc1ccc(Cl)c(Cl)c1)C(=O)CN(c1ccc(OCC)cc1)S(=O)(=O)c1ccc(SC)cc1. The topological polar surface area (TPSA) is 96.0 Å². The first kappa shape index (κ1) is 32.6. The van der Waals surface area contributed by atoms with Crippen molar-refractivity contribution in [1.29, 1.82) is 0 Å². The maximum atomic E-state index is 14.0. The monoisotopic (exact) mass is 637 g/mol. The van der Waals surface area contributed by atoms with Gasteiger partial charge in [-0.1, -0.05) is 29.3 Å². The highest BCUT2D eigenvalue weighted by molar-refractivity contribution is 7.98. The molecule has 3 aromatic rings. The minimum atomic E-state index is -4.18. The Labute approximate surface area is 256 Å². The third-order valence-corrected chi connectivity index (χ3v) is 9.49. The molecule has 0 unspecified atom stereocenters. The maximum Gasteiger partial charge on any atom is 0.264 e. The first-order valence-electron chi connectivity index (χ1n) is 12.9. The highest BCUT2D eigenvalue weighted by Crippen LogP contribution is 2.28. The number of amides is 2. The van der Waals surface area contributed by atoms with E-state index in [2.05, 4.69) is 5.32 Å². The van der Waals surface area contributed by atoms with E-state index in [1.54, 1.807) is 68.4 Å². The molecule has 0 radical (unpaired) electrons. The fraction of sp³-hybridized carbons (Fsp3) is 0.310. The average molecular weight is 639 g/mol. The first-order valence-corrected chi connectivity index (χ1v) is 16.3. The first-order chi connectivity index (χ1) is 19.5. The highest BCUT2D eigenvalue weighted by atomic mass is 35.5. The molecular formula is C29H33Cl2N3O5S2. The Balaban J connectivity index is 2.04. The summed E-state index contributed by atoms with van der Waals surface area (Å²) in [5, 5.41) is 3.38. The normalized spacial score (nSPS) is 12.0. The molecule has 3 rings (SSSR count). The quantitative estimate of drug-likeness (QED) is 0.236. The van der Waals surface area contributed by atoms with Gasteiger partial charge >= 0.3 is 0 Å². The molecule has 0 aromatic heterocycles. The number of nitrogens with one attached hydrogen (secondary N) is 1. The minimum absolute atomic E-state index is 0.00755. The van der Waals surface area contributed by atoms with Crippen LogP contribution in [0.2, 0.25) is 10.0 Å². The van der Waals surface area contributed by atoms with Crippen LogP contribution in [0, 0.1) is 0 Å². The molecule has 0 bridgehead atoms. The number of thioether (sulfide) groups is 1. The number of likely N-dealkylation sites (N-methyl/N-ethyl adjacent to an activating group) is 1. The number of anilines is 1. The molecule has 8 nitrogen and oxygen atoms in total. The van der Waals surface area contributed by atoms with E-state index in [1.165, 1.54) is 28.8 Å². The number of benzene rings is 3. The molecule has 0 spiro atoms. The number of sulfonamides is 1.